The van der Waals surface area contributed by atoms with Gasteiger partial charge in [-0.25, -0.2) is 0 Å². The number of nitrogens with two attached hydrogens (primary N) is 1. The second-order valence-electron chi connectivity index (χ2n) is 5.64. The maximum Gasteiger partial charge on any atom is 0.252 e. The van der Waals surface area contributed by atoms with Gasteiger partial charge in [-0.15, -0.1) is 11.3 Å². The van der Waals surface area contributed by atoms with E-state index in [0.717, 1.165) is 4.88 Å². The molecule has 0 spiro atoms. The molecule has 5 nitrogen and oxygen atoms in total. The van der Waals surface area contributed by atoms with Gasteiger partial charge >= 0.3 is 0 Å². The molecule has 4 N–H and O–H groups in total. The summed E-state index contributed by atoms with van der Waals surface area (Å²) in [6.45, 7) is 7.60. The molecule has 0 saturated carbocycles. The molecule has 1 unspecified atom stereocenters. The molecule has 0 fully saturated rings. The molecule has 1 heterocycles. The van der Waals surface area contributed by atoms with Crippen molar-refractivity contribution in [3.05, 3.63) is 21.9 Å². The molecule has 0 aliphatic rings. The van der Waals surface area contributed by atoms with Gasteiger partial charge in [-0.05, 0) is 33.8 Å². The number of hydrogen-bond donors (Lipinski definition) is 3. The van der Waals surface area contributed by atoms with Gasteiger partial charge < -0.3 is 16.4 Å². The monoisotopic (exact) mass is 307 g/mol. The Morgan fingerprint density at radius 3 is 2.67 bits per heavy atom. The third kappa shape index (κ3) is 5.98. The Balaban J connectivity index is 2.64. The second kappa shape index (κ2) is 7.25. The number of thiophene rings is 1. The van der Waals surface area contributed by atoms with Crippen LogP contribution in [0.5, 0.6) is 0 Å². The maximum atomic E-state index is 12.1. The van der Waals surface area contributed by atoms with Crippen LogP contribution < -0.4 is 16.4 Å². The summed E-state index contributed by atoms with van der Waals surface area (Å²) in [5, 5.41) is 7.20. The quantitative estimate of drug-likeness (QED) is 0.731. The summed E-state index contributed by atoms with van der Waals surface area (Å²) in [5.74, 6) is 5.10. The van der Waals surface area contributed by atoms with E-state index < -0.39 is 6.04 Å². The fourth-order valence-electron chi connectivity index (χ4n) is 1.48. The largest absolute Gasteiger partial charge is 0.350 e. The molecule has 6 heteroatoms. The van der Waals surface area contributed by atoms with E-state index >= 15 is 0 Å². The summed E-state index contributed by atoms with van der Waals surface area (Å²) in [6, 6.07) is 1.09. The molecule has 2 amide bonds. The molecule has 1 aromatic heterocycles. The summed E-state index contributed by atoms with van der Waals surface area (Å²) in [7, 11) is 0. The van der Waals surface area contributed by atoms with E-state index in [2.05, 4.69) is 22.5 Å². The number of nitrogens with one attached hydrogen (secondary N) is 2. The van der Waals surface area contributed by atoms with E-state index in [1.54, 1.807) is 18.4 Å². The summed E-state index contributed by atoms with van der Waals surface area (Å²) in [6.07, 6.45) is 0. The molecule has 0 bridgehead atoms. The van der Waals surface area contributed by atoms with E-state index in [0.29, 0.717) is 5.56 Å². The minimum absolute atomic E-state index is 0.214. The van der Waals surface area contributed by atoms with Crippen molar-refractivity contribution < 1.29 is 9.59 Å². The van der Waals surface area contributed by atoms with Gasteiger partial charge in [-0.3, -0.25) is 9.59 Å². The molecule has 1 rings (SSSR count). The first-order chi connectivity index (χ1) is 9.73. The van der Waals surface area contributed by atoms with Crippen molar-refractivity contribution in [3.8, 4) is 11.8 Å². The van der Waals surface area contributed by atoms with Gasteiger partial charge in [-0.1, -0.05) is 11.8 Å². The lowest BCUT2D eigenvalue weighted by Crippen LogP contribution is -2.50. The average molecular weight is 307 g/mol. The standard InChI is InChI=1S/C15H21N3O2S/c1-10(13(19)18-15(2,3)4)17-14(20)11-8-12(21-9-11)6-5-7-16/h8-10H,7,16H2,1-4H3,(H,17,20)(H,18,19). The van der Waals surface area contributed by atoms with Gasteiger partial charge in [0.2, 0.25) is 5.91 Å². The van der Waals surface area contributed by atoms with Crippen molar-refractivity contribution in [2.75, 3.05) is 6.54 Å². The third-order valence-electron chi connectivity index (χ3n) is 2.41. The smallest absolute Gasteiger partial charge is 0.252 e. The van der Waals surface area contributed by atoms with Gasteiger partial charge in [-0.2, -0.15) is 0 Å². The van der Waals surface area contributed by atoms with Gasteiger partial charge in [0.15, 0.2) is 0 Å². The number of carbonyl (C=O) groups excluding carboxylic acids is 2. The Bertz CT molecular complexity index is 576. The van der Waals surface area contributed by atoms with E-state index in [-0.39, 0.29) is 23.9 Å². The topological polar surface area (TPSA) is 84.2 Å². The van der Waals surface area contributed by atoms with Crippen molar-refractivity contribution in [2.24, 2.45) is 5.73 Å². The number of carbonyl (C=O) groups is 2. The lowest BCUT2D eigenvalue weighted by atomic mass is 10.1. The zero-order valence-electron chi connectivity index (χ0n) is 12.7. The molecule has 1 aromatic rings. The highest BCUT2D eigenvalue weighted by Gasteiger charge is 2.21. The Hall–Kier alpha value is -1.84. The molecule has 0 aromatic carbocycles. The van der Waals surface area contributed by atoms with Crippen LogP contribution in [0.2, 0.25) is 0 Å². The summed E-state index contributed by atoms with van der Waals surface area (Å²) in [5.41, 5.74) is 5.47. The van der Waals surface area contributed by atoms with Crippen LogP contribution in [-0.2, 0) is 4.79 Å². The van der Waals surface area contributed by atoms with E-state index in [4.69, 9.17) is 5.73 Å². The van der Waals surface area contributed by atoms with Crippen molar-refractivity contribution in [3.63, 3.8) is 0 Å². The van der Waals surface area contributed by atoms with Crippen LogP contribution in [0.25, 0.3) is 0 Å². The summed E-state index contributed by atoms with van der Waals surface area (Å²) in [4.78, 5) is 24.7. The first-order valence-electron chi connectivity index (χ1n) is 6.63. The van der Waals surface area contributed by atoms with Gasteiger partial charge in [0, 0.05) is 10.9 Å². The summed E-state index contributed by atoms with van der Waals surface area (Å²) >= 11 is 1.37. The molecule has 0 saturated heterocycles. The Labute approximate surface area is 129 Å². The predicted molar refractivity (Wildman–Crippen MR) is 85.1 cm³/mol. The Kier molecular flexibility index (Phi) is 5.94. The molecule has 114 valence electrons. The molecule has 1 atom stereocenters. The van der Waals surface area contributed by atoms with E-state index in [9.17, 15) is 9.59 Å². The summed E-state index contributed by atoms with van der Waals surface area (Å²) < 4.78 is 0. The zero-order chi connectivity index (χ0) is 16.0. The normalized spacial score (nSPS) is 12.0. The minimum atomic E-state index is -0.602. The van der Waals surface area contributed by atoms with Crippen molar-refractivity contribution in [1.82, 2.24) is 10.6 Å². The fraction of sp³-hybridized carbons (Fsp3) is 0.467. The highest BCUT2D eigenvalue weighted by molar-refractivity contribution is 7.10. The van der Waals surface area contributed by atoms with Crippen molar-refractivity contribution in [2.45, 2.75) is 39.3 Å². The Morgan fingerprint density at radius 1 is 1.43 bits per heavy atom. The number of hydrogen-bond acceptors (Lipinski definition) is 4. The van der Waals surface area contributed by atoms with Crippen LogP contribution in [0.1, 0.15) is 42.9 Å². The maximum absolute atomic E-state index is 12.1. The molecular weight excluding hydrogens is 286 g/mol. The minimum Gasteiger partial charge on any atom is -0.350 e. The SMILES string of the molecule is CC(NC(=O)c1csc(C#CCN)c1)C(=O)NC(C)(C)C. The number of amides is 2. The van der Waals surface area contributed by atoms with Crippen molar-refractivity contribution >= 4 is 23.2 Å². The van der Waals surface area contributed by atoms with Crippen LogP contribution in [0.4, 0.5) is 0 Å². The Morgan fingerprint density at radius 2 is 2.10 bits per heavy atom. The number of rotatable bonds is 3. The second-order valence-corrected chi connectivity index (χ2v) is 6.55. The van der Waals surface area contributed by atoms with Gasteiger partial charge in [0.1, 0.15) is 6.04 Å². The highest BCUT2D eigenvalue weighted by Crippen LogP contribution is 2.13. The molecule has 0 radical (unpaired) electrons. The van der Waals surface area contributed by atoms with Crippen LogP contribution in [0.15, 0.2) is 11.4 Å². The van der Waals surface area contributed by atoms with Gasteiger partial charge in [0.05, 0.1) is 17.0 Å². The molecular formula is C15H21N3O2S. The predicted octanol–water partition coefficient (Wildman–Crippen LogP) is 1.09. The zero-order valence-corrected chi connectivity index (χ0v) is 13.6. The lowest BCUT2D eigenvalue weighted by Gasteiger charge is -2.23. The van der Waals surface area contributed by atoms with E-state index in [1.165, 1.54) is 11.3 Å². The first kappa shape index (κ1) is 17.2. The van der Waals surface area contributed by atoms with Crippen LogP contribution in [0, 0.1) is 11.8 Å². The fourth-order valence-corrected chi connectivity index (χ4v) is 2.24. The lowest BCUT2D eigenvalue weighted by molar-refractivity contribution is -0.124. The molecule has 0 aliphatic heterocycles. The highest BCUT2D eigenvalue weighted by atomic mass is 32.1. The molecule has 21 heavy (non-hydrogen) atoms. The molecule has 0 aliphatic carbocycles. The van der Waals surface area contributed by atoms with Crippen LogP contribution in [0.3, 0.4) is 0 Å². The van der Waals surface area contributed by atoms with Crippen LogP contribution in [-0.4, -0.2) is 29.9 Å². The van der Waals surface area contributed by atoms with Gasteiger partial charge in [0.25, 0.3) is 5.91 Å². The van der Waals surface area contributed by atoms with Crippen LogP contribution >= 0.6 is 11.3 Å². The van der Waals surface area contributed by atoms with E-state index in [1.807, 2.05) is 20.8 Å². The van der Waals surface area contributed by atoms with Crippen molar-refractivity contribution in [1.29, 1.82) is 0 Å². The average Bonchev–Trinajstić information content (AvgIpc) is 2.82. The first-order valence-corrected chi connectivity index (χ1v) is 7.51. The third-order valence-corrected chi connectivity index (χ3v) is 3.26.